The summed E-state index contributed by atoms with van der Waals surface area (Å²) in [5.74, 6) is 2.87. The minimum Gasteiger partial charge on any atom is -0.409 e. The molecule has 2 heterocycles. The lowest BCUT2D eigenvalue weighted by Gasteiger charge is -2.32. The van der Waals surface area contributed by atoms with Crippen LogP contribution in [0.1, 0.15) is 64.6 Å². The van der Waals surface area contributed by atoms with E-state index in [0.717, 1.165) is 22.7 Å². The van der Waals surface area contributed by atoms with Crippen LogP contribution < -0.4 is 11.1 Å². The Kier molecular flexibility index (Phi) is 5.94. The Morgan fingerprint density at radius 3 is 2.59 bits per heavy atom. The summed E-state index contributed by atoms with van der Waals surface area (Å²) in [5, 5.41) is 15.7. The van der Waals surface area contributed by atoms with Crippen LogP contribution in [0.5, 0.6) is 0 Å². The highest BCUT2D eigenvalue weighted by Crippen LogP contribution is 2.35. The third kappa shape index (κ3) is 4.20. The molecule has 0 aromatic carbocycles. The summed E-state index contributed by atoms with van der Waals surface area (Å²) in [6.45, 7) is 5.42. The molecule has 0 amide bonds. The molecule has 4 N–H and O–H groups in total. The van der Waals surface area contributed by atoms with Crippen molar-refractivity contribution >= 4 is 38.7 Å². The Labute approximate surface area is 179 Å². The third-order valence-electron chi connectivity index (χ3n) is 6.69. The van der Waals surface area contributed by atoms with Crippen molar-refractivity contribution in [3.8, 4) is 0 Å². The molecule has 9 heteroatoms. The summed E-state index contributed by atoms with van der Waals surface area (Å²) < 4.78 is 2.93. The van der Waals surface area contributed by atoms with Crippen LogP contribution in [0.4, 0.5) is 5.82 Å². The fourth-order valence-corrected chi connectivity index (χ4v) is 4.97. The molecule has 2 aliphatic rings. The van der Waals surface area contributed by atoms with E-state index >= 15 is 0 Å². The second-order valence-corrected chi connectivity index (χ2v) is 9.50. The molecule has 1 unspecified atom stereocenters. The van der Waals surface area contributed by atoms with Crippen LogP contribution in [-0.2, 0) is 6.54 Å². The van der Waals surface area contributed by atoms with Gasteiger partial charge in [-0.3, -0.25) is 0 Å². The first-order valence-electron chi connectivity index (χ1n) is 10.6. The van der Waals surface area contributed by atoms with Gasteiger partial charge in [0.25, 0.3) is 0 Å². The predicted octanol–water partition coefficient (Wildman–Crippen LogP) is 4.11. The number of rotatable bonds is 6. The van der Waals surface area contributed by atoms with Crippen LogP contribution in [0.25, 0.3) is 11.2 Å². The number of oxime groups is 1. The molecule has 2 saturated carbocycles. The van der Waals surface area contributed by atoms with E-state index in [1.54, 1.807) is 0 Å². The number of nitrogens with one attached hydrogen (secondary N) is 1. The Morgan fingerprint density at radius 2 is 1.97 bits per heavy atom. The second-order valence-electron chi connectivity index (χ2n) is 8.79. The molecule has 8 nitrogen and oxygen atoms in total. The zero-order valence-electron chi connectivity index (χ0n) is 17.1. The zero-order valence-corrected chi connectivity index (χ0v) is 18.7. The van der Waals surface area contributed by atoms with Gasteiger partial charge in [-0.1, -0.05) is 31.3 Å². The van der Waals surface area contributed by atoms with Crippen molar-refractivity contribution in [3.63, 3.8) is 0 Å². The molecule has 29 heavy (non-hydrogen) atoms. The van der Waals surface area contributed by atoms with Crippen molar-refractivity contribution in [2.24, 2.45) is 28.6 Å². The lowest BCUT2D eigenvalue weighted by molar-refractivity contribution is 0.265. The number of fused-ring (bicyclic) bond motifs is 1. The fourth-order valence-electron chi connectivity index (χ4n) is 4.48. The van der Waals surface area contributed by atoms with Gasteiger partial charge in [0.15, 0.2) is 16.2 Å². The van der Waals surface area contributed by atoms with Gasteiger partial charge in [0.05, 0.1) is 0 Å². The maximum atomic E-state index is 9.09. The topological polar surface area (TPSA) is 114 Å². The smallest absolute Gasteiger partial charge is 0.208 e. The zero-order chi connectivity index (χ0) is 20.5. The van der Waals surface area contributed by atoms with Crippen LogP contribution in [0.15, 0.2) is 9.89 Å². The predicted molar refractivity (Wildman–Crippen MR) is 117 cm³/mol. The van der Waals surface area contributed by atoms with Crippen molar-refractivity contribution in [3.05, 3.63) is 10.6 Å². The first kappa shape index (κ1) is 20.4. The third-order valence-corrected chi connectivity index (χ3v) is 7.30. The van der Waals surface area contributed by atoms with E-state index < -0.39 is 0 Å². The summed E-state index contributed by atoms with van der Waals surface area (Å²) in [6.07, 6.45) is 8.78. The number of halogens is 1. The molecule has 0 aliphatic heterocycles. The van der Waals surface area contributed by atoms with Crippen molar-refractivity contribution < 1.29 is 5.21 Å². The average Bonchev–Trinajstić information content (AvgIpc) is 2.96. The maximum Gasteiger partial charge on any atom is 0.208 e. The van der Waals surface area contributed by atoms with Gasteiger partial charge in [-0.2, -0.15) is 0 Å². The van der Waals surface area contributed by atoms with Gasteiger partial charge in [-0.15, -0.1) is 0 Å². The van der Waals surface area contributed by atoms with Gasteiger partial charge in [0, 0.05) is 12.6 Å². The number of nitrogens with two attached hydrogens (primary N) is 1. The van der Waals surface area contributed by atoms with E-state index in [4.69, 9.17) is 10.9 Å². The van der Waals surface area contributed by atoms with Crippen molar-refractivity contribution in [2.45, 2.75) is 71.4 Å². The maximum absolute atomic E-state index is 9.09. The van der Waals surface area contributed by atoms with Crippen LogP contribution in [0, 0.1) is 17.8 Å². The SMILES string of the molecule is CC1CCC(Cn2c(Br)nc3nc(/C(N)=N\O)nc(NC(C)C4CCC4)c32)CC1. The molecular weight excluding hydrogens is 434 g/mol. The van der Waals surface area contributed by atoms with Crippen molar-refractivity contribution in [2.75, 3.05) is 5.32 Å². The molecule has 0 radical (unpaired) electrons. The van der Waals surface area contributed by atoms with Crippen molar-refractivity contribution in [1.82, 2.24) is 19.5 Å². The summed E-state index contributed by atoms with van der Waals surface area (Å²) >= 11 is 3.63. The summed E-state index contributed by atoms with van der Waals surface area (Å²) in [4.78, 5) is 13.7. The fraction of sp³-hybridized carbons (Fsp3) is 0.700. The number of nitrogens with zero attached hydrogens (tertiary/aromatic N) is 5. The number of hydrogen-bond donors (Lipinski definition) is 3. The molecule has 2 aromatic heterocycles. The second kappa shape index (κ2) is 8.45. The molecular formula is C20H30BrN7O. The Bertz CT molecular complexity index is 900. The molecule has 0 spiro atoms. The molecule has 1 atom stereocenters. The molecule has 2 aromatic rings. The van der Waals surface area contributed by atoms with Crippen LogP contribution >= 0.6 is 15.9 Å². The van der Waals surface area contributed by atoms with Crippen LogP contribution in [0.2, 0.25) is 0 Å². The van der Waals surface area contributed by atoms with Crippen LogP contribution in [-0.4, -0.2) is 36.6 Å². The van der Waals surface area contributed by atoms with Gasteiger partial charge in [0.1, 0.15) is 5.52 Å². The highest BCUT2D eigenvalue weighted by atomic mass is 79.9. The number of amidine groups is 1. The average molecular weight is 464 g/mol. The molecule has 2 fully saturated rings. The molecule has 2 aliphatic carbocycles. The normalized spacial score (nSPS) is 24.4. The van der Waals surface area contributed by atoms with Gasteiger partial charge < -0.3 is 20.8 Å². The summed E-state index contributed by atoms with van der Waals surface area (Å²) in [6, 6.07) is 0.291. The molecule has 0 bridgehead atoms. The van der Waals surface area contributed by atoms with Gasteiger partial charge >= 0.3 is 0 Å². The van der Waals surface area contributed by atoms with E-state index in [0.29, 0.717) is 29.3 Å². The summed E-state index contributed by atoms with van der Waals surface area (Å²) in [5.41, 5.74) is 7.23. The standard InChI is InChI=1S/C20H30BrN7O/c1-11-6-8-13(9-7-11)10-28-15-17(23-12(2)14-4-3-5-14)24-19(16(22)27-29)25-18(15)26-20(28)21/h11-14,29H,3-10H2,1-2H3,(H2,22,27)(H,23,24,25). The minimum absolute atomic E-state index is 0.113. The lowest BCUT2D eigenvalue weighted by Crippen LogP contribution is -2.32. The van der Waals surface area contributed by atoms with Gasteiger partial charge in [0.2, 0.25) is 11.7 Å². The summed E-state index contributed by atoms with van der Waals surface area (Å²) in [7, 11) is 0. The Hall–Kier alpha value is -1.90. The highest BCUT2D eigenvalue weighted by molar-refractivity contribution is 9.10. The van der Waals surface area contributed by atoms with E-state index in [2.05, 4.69) is 59.8 Å². The number of hydrogen-bond acceptors (Lipinski definition) is 6. The molecule has 0 saturated heterocycles. The van der Waals surface area contributed by atoms with Crippen LogP contribution in [0.3, 0.4) is 0 Å². The monoisotopic (exact) mass is 463 g/mol. The van der Waals surface area contributed by atoms with Gasteiger partial charge in [-0.25, -0.2) is 15.0 Å². The van der Waals surface area contributed by atoms with Crippen molar-refractivity contribution in [1.29, 1.82) is 0 Å². The Balaban J connectivity index is 1.71. The molecule has 158 valence electrons. The van der Waals surface area contributed by atoms with E-state index in [1.807, 2.05) is 0 Å². The first-order valence-corrected chi connectivity index (χ1v) is 11.4. The quantitative estimate of drug-likeness (QED) is 0.195. The largest absolute Gasteiger partial charge is 0.409 e. The van der Waals surface area contributed by atoms with Gasteiger partial charge in [-0.05, 0) is 66.3 Å². The van der Waals surface area contributed by atoms with E-state index in [-0.39, 0.29) is 11.7 Å². The molecule has 4 rings (SSSR count). The van der Waals surface area contributed by atoms with E-state index in [9.17, 15) is 0 Å². The number of anilines is 1. The number of aromatic nitrogens is 4. The Morgan fingerprint density at radius 1 is 1.24 bits per heavy atom. The highest BCUT2D eigenvalue weighted by Gasteiger charge is 2.27. The number of imidazole rings is 1. The van der Waals surface area contributed by atoms with E-state index in [1.165, 1.54) is 44.9 Å². The first-order chi connectivity index (χ1) is 14.0. The minimum atomic E-state index is -0.113. The lowest BCUT2D eigenvalue weighted by atomic mass is 9.80.